The van der Waals surface area contributed by atoms with E-state index in [-0.39, 0.29) is 16.5 Å². The number of pyridine rings is 1. The molecular formula is C14H13ClFNO2. The van der Waals surface area contributed by atoms with Gasteiger partial charge in [-0.15, -0.1) is 0 Å². The standard InChI is InChI=1S/C14H13ClFNO2/c1-7(2)12-9-4-8(15)5-11(16)13(9)17-6-10(12)14(18)19-3/h4-7H,1-3H3. The normalized spacial score (nSPS) is 11.1. The summed E-state index contributed by atoms with van der Waals surface area (Å²) in [6.45, 7) is 3.83. The number of benzene rings is 1. The number of methoxy groups -OCH3 is 1. The van der Waals surface area contributed by atoms with Gasteiger partial charge in [-0.25, -0.2) is 9.18 Å². The molecular weight excluding hydrogens is 269 g/mol. The van der Waals surface area contributed by atoms with Crippen molar-refractivity contribution in [3.8, 4) is 0 Å². The maximum atomic E-state index is 13.8. The monoisotopic (exact) mass is 281 g/mol. The summed E-state index contributed by atoms with van der Waals surface area (Å²) < 4.78 is 18.6. The highest BCUT2D eigenvalue weighted by Crippen LogP contribution is 2.31. The highest BCUT2D eigenvalue weighted by Gasteiger charge is 2.20. The fourth-order valence-electron chi connectivity index (χ4n) is 2.14. The van der Waals surface area contributed by atoms with Crippen molar-refractivity contribution in [1.29, 1.82) is 0 Å². The van der Waals surface area contributed by atoms with Crippen LogP contribution in [0, 0.1) is 5.82 Å². The van der Waals surface area contributed by atoms with E-state index in [0.717, 1.165) is 0 Å². The van der Waals surface area contributed by atoms with E-state index in [2.05, 4.69) is 4.98 Å². The number of halogens is 2. The largest absolute Gasteiger partial charge is 0.465 e. The number of carbonyl (C=O) groups is 1. The Bertz CT molecular complexity index is 655. The lowest BCUT2D eigenvalue weighted by atomic mass is 9.94. The molecule has 0 fully saturated rings. The first kappa shape index (κ1) is 13.7. The Morgan fingerprint density at radius 3 is 2.68 bits per heavy atom. The first-order valence-corrected chi connectivity index (χ1v) is 6.19. The topological polar surface area (TPSA) is 39.2 Å². The predicted octanol–water partition coefficient (Wildman–Crippen LogP) is 3.94. The van der Waals surface area contributed by atoms with E-state index < -0.39 is 11.8 Å². The molecule has 0 spiro atoms. The highest BCUT2D eigenvalue weighted by atomic mass is 35.5. The van der Waals surface area contributed by atoms with E-state index in [1.54, 1.807) is 6.07 Å². The lowest BCUT2D eigenvalue weighted by molar-refractivity contribution is 0.0599. The molecule has 1 aromatic heterocycles. The van der Waals surface area contributed by atoms with Crippen molar-refractivity contribution in [1.82, 2.24) is 4.98 Å². The first-order valence-electron chi connectivity index (χ1n) is 5.81. The van der Waals surface area contributed by atoms with E-state index in [1.807, 2.05) is 13.8 Å². The summed E-state index contributed by atoms with van der Waals surface area (Å²) in [5, 5.41) is 0.818. The fraction of sp³-hybridized carbons (Fsp3) is 0.286. The van der Waals surface area contributed by atoms with E-state index in [9.17, 15) is 9.18 Å². The van der Waals surface area contributed by atoms with Crippen LogP contribution in [-0.2, 0) is 4.74 Å². The number of carbonyl (C=O) groups excluding carboxylic acids is 1. The number of hydrogen-bond donors (Lipinski definition) is 0. The van der Waals surface area contributed by atoms with Crippen LogP contribution in [-0.4, -0.2) is 18.1 Å². The number of esters is 1. The minimum absolute atomic E-state index is 0.0115. The molecule has 0 unspecified atom stereocenters. The number of rotatable bonds is 2. The lowest BCUT2D eigenvalue weighted by Gasteiger charge is -2.14. The van der Waals surface area contributed by atoms with Gasteiger partial charge in [0.1, 0.15) is 5.52 Å². The van der Waals surface area contributed by atoms with Crippen molar-refractivity contribution in [3.63, 3.8) is 0 Å². The first-order chi connectivity index (χ1) is 8.95. The zero-order valence-corrected chi connectivity index (χ0v) is 11.6. The third-order valence-corrected chi connectivity index (χ3v) is 3.13. The summed E-state index contributed by atoms with van der Waals surface area (Å²) in [6.07, 6.45) is 1.35. The Labute approximate surface area is 115 Å². The quantitative estimate of drug-likeness (QED) is 0.783. The smallest absolute Gasteiger partial charge is 0.339 e. The fourth-order valence-corrected chi connectivity index (χ4v) is 2.35. The Balaban J connectivity index is 2.88. The molecule has 2 rings (SSSR count). The molecule has 0 amide bonds. The maximum Gasteiger partial charge on any atom is 0.339 e. The van der Waals surface area contributed by atoms with Gasteiger partial charge in [-0.1, -0.05) is 25.4 Å². The molecule has 0 bridgehead atoms. The van der Waals surface area contributed by atoms with Crippen LogP contribution in [0.1, 0.15) is 35.7 Å². The molecule has 19 heavy (non-hydrogen) atoms. The average molecular weight is 282 g/mol. The van der Waals surface area contributed by atoms with Gasteiger partial charge >= 0.3 is 5.97 Å². The summed E-state index contributed by atoms with van der Waals surface area (Å²) in [4.78, 5) is 15.8. The number of nitrogens with zero attached hydrogens (tertiary/aromatic N) is 1. The van der Waals surface area contributed by atoms with Crippen LogP contribution in [0.15, 0.2) is 18.3 Å². The van der Waals surface area contributed by atoms with Crippen LogP contribution in [0.25, 0.3) is 10.9 Å². The lowest BCUT2D eigenvalue weighted by Crippen LogP contribution is -2.09. The van der Waals surface area contributed by atoms with E-state index in [0.29, 0.717) is 16.5 Å². The van der Waals surface area contributed by atoms with E-state index in [4.69, 9.17) is 16.3 Å². The third-order valence-electron chi connectivity index (χ3n) is 2.91. The van der Waals surface area contributed by atoms with Crippen LogP contribution >= 0.6 is 11.6 Å². The second-order valence-corrected chi connectivity index (χ2v) is 4.95. The van der Waals surface area contributed by atoms with Gasteiger partial charge in [-0.3, -0.25) is 4.98 Å². The van der Waals surface area contributed by atoms with Crippen molar-refractivity contribution < 1.29 is 13.9 Å². The van der Waals surface area contributed by atoms with Crippen molar-refractivity contribution in [2.24, 2.45) is 0 Å². The summed E-state index contributed by atoms with van der Waals surface area (Å²) in [6, 6.07) is 2.83. The van der Waals surface area contributed by atoms with Crippen molar-refractivity contribution in [3.05, 3.63) is 40.3 Å². The molecule has 1 aromatic carbocycles. The van der Waals surface area contributed by atoms with Gasteiger partial charge in [-0.2, -0.15) is 0 Å². The second-order valence-electron chi connectivity index (χ2n) is 4.52. The Kier molecular flexibility index (Phi) is 3.71. The van der Waals surface area contributed by atoms with Gasteiger partial charge < -0.3 is 4.74 Å². The van der Waals surface area contributed by atoms with Crippen LogP contribution in [0.3, 0.4) is 0 Å². The van der Waals surface area contributed by atoms with Gasteiger partial charge in [0.15, 0.2) is 5.82 Å². The van der Waals surface area contributed by atoms with E-state index >= 15 is 0 Å². The molecule has 0 atom stereocenters. The Morgan fingerprint density at radius 2 is 2.11 bits per heavy atom. The van der Waals surface area contributed by atoms with Crippen LogP contribution < -0.4 is 0 Å². The summed E-state index contributed by atoms with van der Waals surface area (Å²) >= 11 is 5.88. The highest BCUT2D eigenvalue weighted by molar-refractivity contribution is 6.31. The number of hydrogen-bond acceptors (Lipinski definition) is 3. The zero-order valence-electron chi connectivity index (χ0n) is 10.8. The molecule has 5 heteroatoms. The third kappa shape index (κ3) is 2.40. The predicted molar refractivity (Wildman–Crippen MR) is 72.1 cm³/mol. The minimum atomic E-state index is -0.499. The molecule has 0 saturated heterocycles. The summed E-state index contributed by atoms with van der Waals surface area (Å²) in [5.41, 5.74) is 1.24. The molecule has 2 aromatic rings. The van der Waals surface area contributed by atoms with Gasteiger partial charge in [-0.05, 0) is 23.6 Å². The van der Waals surface area contributed by atoms with E-state index in [1.165, 1.54) is 19.4 Å². The molecule has 3 nitrogen and oxygen atoms in total. The SMILES string of the molecule is COC(=O)c1cnc2c(F)cc(Cl)cc2c1C(C)C. The Morgan fingerprint density at radius 1 is 1.42 bits per heavy atom. The molecule has 0 saturated carbocycles. The number of ether oxygens (including phenoxy) is 1. The van der Waals surface area contributed by atoms with Crippen molar-refractivity contribution in [2.75, 3.05) is 7.11 Å². The molecule has 100 valence electrons. The maximum absolute atomic E-state index is 13.8. The van der Waals surface area contributed by atoms with Crippen molar-refractivity contribution >= 4 is 28.5 Å². The van der Waals surface area contributed by atoms with Gasteiger partial charge in [0.25, 0.3) is 0 Å². The summed E-state index contributed by atoms with van der Waals surface area (Å²) in [5.74, 6) is -0.975. The molecule has 0 N–H and O–H groups in total. The van der Waals surface area contributed by atoms with Gasteiger partial charge in [0.05, 0.1) is 12.7 Å². The minimum Gasteiger partial charge on any atom is -0.465 e. The van der Waals surface area contributed by atoms with Crippen LogP contribution in [0.5, 0.6) is 0 Å². The zero-order chi connectivity index (χ0) is 14.2. The van der Waals surface area contributed by atoms with Gasteiger partial charge in [0.2, 0.25) is 0 Å². The van der Waals surface area contributed by atoms with Crippen LogP contribution in [0.2, 0.25) is 5.02 Å². The summed E-state index contributed by atoms with van der Waals surface area (Å²) in [7, 11) is 1.30. The van der Waals surface area contributed by atoms with Crippen LogP contribution in [0.4, 0.5) is 4.39 Å². The Hall–Kier alpha value is -1.68. The number of fused-ring (bicyclic) bond motifs is 1. The molecule has 0 aliphatic rings. The number of aromatic nitrogens is 1. The second kappa shape index (κ2) is 5.13. The average Bonchev–Trinajstić information content (AvgIpc) is 2.35. The van der Waals surface area contributed by atoms with Crippen molar-refractivity contribution in [2.45, 2.75) is 19.8 Å². The molecule has 0 aliphatic carbocycles. The van der Waals surface area contributed by atoms with Gasteiger partial charge in [0, 0.05) is 16.6 Å². The molecule has 1 heterocycles. The molecule has 0 radical (unpaired) electrons. The molecule has 0 aliphatic heterocycles.